The molecule has 286 valence electrons. The Morgan fingerprint density at radius 2 is 1.55 bits per heavy atom. The molecule has 0 radical (unpaired) electrons. The maximum absolute atomic E-state index is 14.7. The van der Waals surface area contributed by atoms with Crippen LogP contribution in [0, 0.1) is 22.7 Å². The molecule has 0 fully saturated rings. The van der Waals surface area contributed by atoms with Gasteiger partial charge in [0.25, 0.3) is 0 Å². The highest BCUT2D eigenvalue weighted by Crippen LogP contribution is 2.65. The van der Waals surface area contributed by atoms with E-state index in [0.717, 1.165) is 24.6 Å². The van der Waals surface area contributed by atoms with Gasteiger partial charge in [-0.2, -0.15) is 13.2 Å². The summed E-state index contributed by atoms with van der Waals surface area (Å²) in [5.41, 5.74) is -4.69. The molecule has 7 nitrogen and oxygen atoms in total. The number of halogens is 3. The highest BCUT2D eigenvalue weighted by atomic mass is 19.4. The second kappa shape index (κ2) is 12.7. The van der Waals surface area contributed by atoms with E-state index in [1.165, 1.54) is 0 Å². The van der Waals surface area contributed by atoms with Gasteiger partial charge in [-0.3, -0.25) is 14.4 Å². The lowest BCUT2D eigenvalue weighted by atomic mass is 9.44. The molecule has 3 aliphatic rings. The zero-order valence-corrected chi connectivity index (χ0v) is 32.2. The highest BCUT2D eigenvalue weighted by molar-refractivity contribution is 6.25. The molecule has 4 atom stereocenters. The van der Waals surface area contributed by atoms with Crippen molar-refractivity contribution >= 4 is 17.3 Å². The van der Waals surface area contributed by atoms with Crippen LogP contribution in [0.15, 0.2) is 59.1 Å². The molecule has 0 saturated heterocycles. The smallest absolute Gasteiger partial charge is 0.416 e. The number of benzene rings is 2. The van der Waals surface area contributed by atoms with E-state index in [0.29, 0.717) is 27.8 Å². The Kier molecular flexibility index (Phi) is 9.60. The van der Waals surface area contributed by atoms with Gasteiger partial charge in [-0.1, -0.05) is 86.6 Å². The van der Waals surface area contributed by atoms with Crippen molar-refractivity contribution in [1.82, 2.24) is 0 Å². The molecule has 0 aliphatic heterocycles. The zero-order chi connectivity index (χ0) is 40.1. The average molecular weight is 737 g/mol. The summed E-state index contributed by atoms with van der Waals surface area (Å²) in [4.78, 5) is 41.4. The van der Waals surface area contributed by atoms with Gasteiger partial charge in [0.05, 0.1) is 11.1 Å². The predicted octanol–water partition coefficient (Wildman–Crippen LogP) is 9.13. The van der Waals surface area contributed by atoms with Gasteiger partial charge in [0.15, 0.2) is 17.2 Å². The lowest BCUT2D eigenvalue weighted by Crippen LogP contribution is -2.67. The first-order valence-corrected chi connectivity index (χ1v) is 18.1. The molecule has 0 heterocycles. The summed E-state index contributed by atoms with van der Waals surface area (Å²) in [6.45, 7) is 21.5. The Morgan fingerprint density at radius 1 is 0.962 bits per heavy atom. The van der Waals surface area contributed by atoms with Gasteiger partial charge >= 0.3 is 6.18 Å². The zero-order valence-electron chi connectivity index (χ0n) is 32.2. The number of ketones is 3. The first-order valence-electron chi connectivity index (χ1n) is 18.1. The van der Waals surface area contributed by atoms with Gasteiger partial charge in [0, 0.05) is 22.3 Å². The second-order valence-electron chi connectivity index (χ2n) is 17.7. The fraction of sp³-hybridized carbons (Fsp3) is 0.512. The summed E-state index contributed by atoms with van der Waals surface area (Å²) in [5, 5.41) is 47.6. The molecule has 2 aromatic carbocycles. The minimum atomic E-state index is -4.55. The van der Waals surface area contributed by atoms with Crippen LogP contribution in [0.5, 0.6) is 5.75 Å². The van der Waals surface area contributed by atoms with E-state index in [-0.39, 0.29) is 54.4 Å². The molecule has 10 heteroatoms. The Bertz CT molecular complexity index is 1990. The van der Waals surface area contributed by atoms with E-state index >= 15 is 0 Å². The number of rotatable bonds is 7. The summed E-state index contributed by atoms with van der Waals surface area (Å²) in [7, 11) is 0. The molecule has 5 rings (SSSR count). The van der Waals surface area contributed by atoms with E-state index < -0.39 is 73.9 Å². The van der Waals surface area contributed by atoms with Crippen molar-refractivity contribution in [1.29, 1.82) is 0 Å². The van der Waals surface area contributed by atoms with E-state index in [2.05, 4.69) is 6.58 Å². The van der Waals surface area contributed by atoms with Gasteiger partial charge in [-0.25, -0.2) is 0 Å². The van der Waals surface area contributed by atoms with Crippen molar-refractivity contribution in [3.05, 3.63) is 98.0 Å². The largest absolute Gasteiger partial charge is 0.511 e. The van der Waals surface area contributed by atoms with Crippen molar-refractivity contribution < 1.29 is 48.0 Å². The van der Waals surface area contributed by atoms with Crippen molar-refractivity contribution in [3.63, 3.8) is 0 Å². The Morgan fingerprint density at radius 3 is 2.06 bits per heavy atom. The van der Waals surface area contributed by atoms with E-state index in [9.17, 15) is 48.0 Å². The standard InChI is InChI=1S/C43H51F3O7/c1-20(2)28-16-25(13-22(5)12-24-14-26(39(7,8)9)17-27(15-24)43(44,45)46)34(48)31-29(28)18-40(10)19-41(11)32(21(3)4)35(49)30(23(6)47)37(51)42(41,53)38(52)33(40)36(31)50/h14-17,20-21,32,48-49,52-53H,5,12-13,18-19H2,1-4,6-11H3/t32?,40-,41-,42+/m1/s1. The summed E-state index contributed by atoms with van der Waals surface area (Å²) in [6.07, 6.45) is -4.33. The molecular formula is C43H51F3O7. The van der Waals surface area contributed by atoms with E-state index in [4.69, 9.17) is 0 Å². The number of carbonyl (C=O) groups is 3. The number of Topliss-reactive ketones (excluding diaryl/α,β-unsaturated/α-hetero) is 3. The lowest BCUT2D eigenvalue weighted by Gasteiger charge is -2.59. The summed E-state index contributed by atoms with van der Waals surface area (Å²) < 4.78 is 41.6. The number of aliphatic hydroxyl groups is 3. The van der Waals surface area contributed by atoms with Crippen LogP contribution in [0.4, 0.5) is 13.2 Å². The first-order chi connectivity index (χ1) is 24.1. The third kappa shape index (κ3) is 6.15. The molecule has 0 bridgehead atoms. The van der Waals surface area contributed by atoms with Crippen molar-refractivity contribution in [2.45, 2.75) is 118 Å². The number of hydrogen-bond acceptors (Lipinski definition) is 7. The Balaban J connectivity index is 1.64. The van der Waals surface area contributed by atoms with Gasteiger partial charge < -0.3 is 20.4 Å². The maximum atomic E-state index is 14.7. The van der Waals surface area contributed by atoms with Crippen LogP contribution in [0.25, 0.3) is 0 Å². The van der Waals surface area contributed by atoms with Crippen molar-refractivity contribution in [2.75, 3.05) is 0 Å². The second-order valence-corrected chi connectivity index (χ2v) is 17.7. The molecule has 4 N–H and O–H groups in total. The molecule has 0 spiro atoms. The van der Waals surface area contributed by atoms with Crippen LogP contribution >= 0.6 is 0 Å². The number of hydrogen-bond donors (Lipinski definition) is 4. The number of aromatic hydroxyl groups is 1. The third-order valence-corrected chi connectivity index (χ3v) is 11.8. The molecule has 3 aliphatic carbocycles. The van der Waals surface area contributed by atoms with Crippen LogP contribution in [0.3, 0.4) is 0 Å². The minimum Gasteiger partial charge on any atom is -0.511 e. The van der Waals surface area contributed by atoms with Crippen LogP contribution in [-0.2, 0) is 40.4 Å². The summed E-state index contributed by atoms with van der Waals surface area (Å²) in [6, 6.07) is 5.75. The number of phenols is 1. The van der Waals surface area contributed by atoms with Gasteiger partial charge in [0.2, 0.25) is 5.78 Å². The normalized spacial score (nSPS) is 26.2. The predicted molar refractivity (Wildman–Crippen MR) is 196 cm³/mol. The SMILES string of the molecule is C=C(Cc1cc(C(C)(C)C)cc(C(F)(F)F)c1)Cc1cc(C(C)C)c2c(c1O)C(=O)C1=C(O)[C@@]3(O)C(=O)C(C(C)=O)=C(O)C(C(C)C)[C@@]3(C)C[C@@]1(C)C2. The number of fused-ring (bicyclic) bond motifs is 3. The molecule has 0 saturated carbocycles. The number of allylic oxidation sites excluding steroid dienone is 3. The molecule has 1 unspecified atom stereocenters. The number of alkyl halides is 3. The quantitative estimate of drug-likeness (QED) is 0.165. The number of carbonyl (C=O) groups excluding carboxylic acids is 3. The lowest BCUT2D eigenvalue weighted by molar-refractivity contribution is -0.171. The monoisotopic (exact) mass is 736 g/mol. The van der Waals surface area contributed by atoms with Crippen molar-refractivity contribution in [3.8, 4) is 5.75 Å². The van der Waals surface area contributed by atoms with Gasteiger partial charge in [-0.15, -0.1) is 0 Å². The number of phenolic OH excluding ortho intramolecular Hbond substituents is 1. The van der Waals surface area contributed by atoms with E-state index in [1.54, 1.807) is 39.8 Å². The molecule has 0 aromatic heterocycles. The molecule has 53 heavy (non-hydrogen) atoms. The van der Waals surface area contributed by atoms with Crippen LogP contribution in [0.1, 0.15) is 125 Å². The topological polar surface area (TPSA) is 132 Å². The molecule has 2 aromatic rings. The third-order valence-electron chi connectivity index (χ3n) is 11.8. The fourth-order valence-electron chi connectivity index (χ4n) is 9.55. The first kappa shape index (κ1) is 40.0. The fourth-order valence-corrected chi connectivity index (χ4v) is 9.55. The van der Waals surface area contributed by atoms with Crippen LogP contribution < -0.4 is 0 Å². The van der Waals surface area contributed by atoms with E-state index in [1.807, 2.05) is 34.6 Å². The average Bonchev–Trinajstić information content (AvgIpc) is 2.98. The minimum absolute atomic E-state index is 0.0185. The highest BCUT2D eigenvalue weighted by Gasteiger charge is 2.71. The molecular weight excluding hydrogens is 685 g/mol. The Hall–Kier alpha value is -4.18. The van der Waals surface area contributed by atoms with Crippen LogP contribution in [0.2, 0.25) is 0 Å². The number of aliphatic hydroxyl groups excluding tert-OH is 2. The maximum Gasteiger partial charge on any atom is 0.416 e. The summed E-state index contributed by atoms with van der Waals surface area (Å²) >= 11 is 0. The molecule has 0 amide bonds. The van der Waals surface area contributed by atoms with Crippen molar-refractivity contribution in [2.24, 2.45) is 22.7 Å². The van der Waals surface area contributed by atoms with Crippen LogP contribution in [-0.4, -0.2) is 43.4 Å². The van der Waals surface area contributed by atoms with Gasteiger partial charge in [-0.05, 0) is 89.8 Å². The van der Waals surface area contributed by atoms with Gasteiger partial charge in [0.1, 0.15) is 22.8 Å². The Labute approximate surface area is 309 Å². The summed E-state index contributed by atoms with van der Waals surface area (Å²) in [5.74, 6) is -5.94.